The van der Waals surface area contributed by atoms with Gasteiger partial charge in [0.05, 0.1) is 6.10 Å². The molecule has 174 valence electrons. The van der Waals surface area contributed by atoms with Crippen LogP contribution in [0, 0.1) is 40.4 Å². The van der Waals surface area contributed by atoms with Crippen molar-refractivity contribution in [3.63, 3.8) is 0 Å². The highest BCUT2D eigenvalue weighted by Gasteiger charge is 2.64. The van der Waals surface area contributed by atoms with Gasteiger partial charge >= 0.3 is 11.9 Å². The van der Waals surface area contributed by atoms with Gasteiger partial charge in [0.15, 0.2) is 5.78 Å². The summed E-state index contributed by atoms with van der Waals surface area (Å²) < 4.78 is 10.6. The van der Waals surface area contributed by atoms with Crippen LogP contribution in [-0.2, 0) is 23.9 Å². The third kappa shape index (κ3) is 3.83. The van der Waals surface area contributed by atoms with Crippen molar-refractivity contribution in [3.05, 3.63) is 0 Å². The zero-order valence-electron chi connectivity index (χ0n) is 19.4. The van der Waals surface area contributed by atoms with Gasteiger partial charge in [-0.15, -0.1) is 0 Å². The number of hydrogen-bond acceptors (Lipinski definition) is 6. The average molecular weight is 435 g/mol. The van der Waals surface area contributed by atoms with Crippen LogP contribution in [0.15, 0.2) is 0 Å². The molecule has 31 heavy (non-hydrogen) atoms. The van der Waals surface area contributed by atoms with E-state index in [0.717, 1.165) is 44.9 Å². The van der Waals surface area contributed by atoms with E-state index in [-0.39, 0.29) is 47.1 Å². The Morgan fingerprint density at radius 1 is 0.968 bits per heavy atom. The van der Waals surface area contributed by atoms with Crippen molar-refractivity contribution in [2.75, 3.05) is 6.61 Å². The first-order chi connectivity index (χ1) is 14.6. The molecule has 0 bridgehead atoms. The highest BCUT2D eigenvalue weighted by Crippen LogP contribution is 2.67. The van der Waals surface area contributed by atoms with E-state index >= 15 is 0 Å². The first-order valence-electron chi connectivity index (χ1n) is 12.1. The van der Waals surface area contributed by atoms with Gasteiger partial charge in [0.1, 0.15) is 12.7 Å². The fourth-order valence-electron chi connectivity index (χ4n) is 8.49. The second kappa shape index (κ2) is 8.17. The predicted molar refractivity (Wildman–Crippen MR) is 114 cm³/mol. The Morgan fingerprint density at radius 3 is 2.39 bits per heavy atom. The predicted octanol–water partition coefficient (Wildman–Crippen LogP) is 3.68. The van der Waals surface area contributed by atoms with Gasteiger partial charge in [-0.05, 0) is 85.9 Å². The maximum Gasteiger partial charge on any atom is 0.303 e. The summed E-state index contributed by atoms with van der Waals surface area (Å²) in [5.74, 6) is 0.797. The molecule has 4 fully saturated rings. The van der Waals surface area contributed by atoms with Gasteiger partial charge in [-0.3, -0.25) is 14.4 Å². The largest absolute Gasteiger partial charge is 0.463 e. The van der Waals surface area contributed by atoms with Gasteiger partial charge in [0.2, 0.25) is 0 Å². The van der Waals surface area contributed by atoms with E-state index in [0.29, 0.717) is 24.2 Å². The van der Waals surface area contributed by atoms with Crippen LogP contribution in [0.2, 0.25) is 0 Å². The van der Waals surface area contributed by atoms with Crippen molar-refractivity contribution in [1.29, 1.82) is 0 Å². The molecule has 0 saturated heterocycles. The van der Waals surface area contributed by atoms with Crippen LogP contribution in [0.1, 0.15) is 79.1 Å². The molecule has 1 N–H and O–H groups in total. The van der Waals surface area contributed by atoms with Crippen LogP contribution in [0.25, 0.3) is 0 Å². The quantitative estimate of drug-likeness (QED) is 0.679. The van der Waals surface area contributed by atoms with E-state index in [1.165, 1.54) is 13.8 Å². The monoisotopic (exact) mass is 434 g/mol. The lowest BCUT2D eigenvalue weighted by molar-refractivity contribution is -0.185. The van der Waals surface area contributed by atoms with Crippen LogP contribution >= 0.6 is 0 Å². The zero-order chi connectivity index (χ0) is 22.6. The normalized spacial score (nSPS) is 46.3. The van der Waals surface area contributed by atoms with E-state index < -0.39 is 12.1 Å². The number of ether oxygens (including phenoxy) is 2. The second-order valence-electron chi connectivity index (χ2n) is 11.2. The molecule has 0 radical (unpaired) electrons. The highest BCUT2D eigenvalue weighted by molar-refractivity contribution is 5.85. The first-order valence-corrected chi connectivity index (χ1v) is 12.1. The molecule has 0 aromatic heterocycles. The van der Waals surface area contributed by atoms with Crippen molar-refractivity contribution in [1.82, 2.24) is 0 Å². The minimum absolute atomic E-state index is 0.00707. The summed E-state index contributed by atoms with van der Waals surface area (Å²) in [6.45, 7) is 7.20. The molecule has 4 rings (SSSR count). The summed E-state index contributed by atoms with van der Waals surface area (Å²) in [7, 11) is 0. The van der Waals surface area contributed by atoms with Crippen molar-refractivity contribution < 1.29 is 29.0 Å². The molecule has 6 heteroatoms. The highest BCUT2D eigenvalue weighted by atomic mass is 16.5. The molecule has 0 aromatic carbocycles. The van der Waals surface area contributed by atoms with Gasteiger partial charge in [-0.2, -0.15) is 0 Å². The Bertz CT molecular complexity index is 748. The minimum atomic E-state index is -0.425. The number of aliphatic hydroxyl groups is 1. The zero-order valence-corrected chi connectivity index (χ0v) is 19.4. The summed E-state index contributed by atoms with van der Waals surface area (Å²) in [5, 5.41) is 11.5. The van der Waals surface area contributed by atoms with Crippen LogP contribution < -0.4 is 0 Å². The summed E-state index contributed by atoms with van der Waals surface area (Å²) in [6, 6.07) is 0. The third-order valence-corrected chi connectivity index (χ3v) is 9.68. The molecule has 0 aliphatic heterocycles. The summed E-state index contributed by atoms with van der Waals surface area (Å²) >= 11 is 0. The number of esters is 2. The minimum Gasteiger partial charge on any atom is -0.463 e. The molecule has 0 spiro atoms. The molecule has 0 aromatic rings. The van der Waals surface area contributed by atoms with E-state index in [2.05, 4.69) is 13.8 Å². The van der Waals surface area contributed by atoms with Gasteiger partial charge < -0.3 is 14.6 Å². The van der Waals surface area contributed by atoms with Crippen LogP contribution in [0.3, 0.4) is 0 Å². The van der Waals surface area contributed by atoms with E-state index in [1.807, 2.05) is 0 Å². The molecule has 4 aliphatic carbocycles. The Morgan fingerprint density at radius 2 is 1.71 bits per heavy atom. The lowest BCUT2D eigenvalue weighted by Gasteiger charge is -2.62. The molecule has 9 atom stereocenters. The Kier molecular flexibility index (Phi) is 5.99. The standard InChI is InChI=1S/C25H38O6/c1-14(26)30-13-22(29)20-8-7-19-18-6-5-16-11-17(31-15(2)27)9-10-24(16,3)23(18)21(28)12-25(19,20)4/h16-21,23,28H,5-13H2,1-4H3/t16-,17-,18-,19-,20+,21+,23+,24-,25-/m0/s1. The lowest BCUT2D eigenvalue weighted by atomic mass is 9.44. The number of fused-ring (bicyclic) bond motifs is 5. The van der Waals surface area contributed by atoms with Crippen LogP contribution in [0.5, 0.6) is 0 Å². The molecular weight excluding hydrogens is 396 g/mol. The summed E-state index contributed by atoms with van der Waals surface area (Å²) in [4.78, 5) is 35.5. The molecule has 6 nitrogen and oxygen atoms in total. The number of rotatable bonds is 4. The molecule has 0 amide bonds. The van der Waals surface area contributed by atoms with Crippen molar-refractivity contribution >= 4 is 17.7 Å². The maximum absolute atomic E-state index is 12.9. The fourth-order valence-corrected chi connectivity index (χ4v) is 8.49. The number of hydrogen-bond donors (Lipinski definition) is 1. The number of carbonyl (C=O) groups excluding carboxylic acids is 3. The Labute approximate surface area is 185 Å². The van der Waals surface area contributed by atoms with Crippen molar-refractivity contribution in [2.24, 2.45) is 40.4 Å². The number of Topliss-reactive ketones (excluding diaryl/α,β-unsaturated/α-hetero) is 1. The number of aliphatic hydroxyl groups excluding tert-OH is 1. The van der Waals surface area contributed by atoms with E-state index in [9.17, 15) is 19.5 Å². The van der Waals surface area contributed by atoms with Gasteiger partial charge in [0, 0.05) is 19.8 Å². The summed E-state index contributed by atoms with van der Waals surface area (Å²) in [5.41, 5.74) is -0.171. The third-order valence-electron chi connectivity index (χ3n) is 9.68. The maximum atomic E-state index is 12.9. The lowest BCUT2D eigenvalue weighted by Crippen LogP contribution is -2.59. The van der Waals surface area contributed by atoms with Crippen LogP contribution in [-0.4, -0.2) is 41.6 Å². The first kappa shape index (κ1) is 22.8. The van der Waals surface area contributed by atoms with Gasteiger partial charge in [-0.1, -0.05) is 13.8 Å². The molecule has 4 aliphatic rings. The Balaban J connectivity index is 1.53. The smallest absolute Gasteiger partial charge is 0.303 e. The Hall–Kier alpha value is -1.43. The molecule has 0 unspecified atom stereocenters. The van der Waals surface area contributed by atoms with Crippen molar-refractivity contribution in [2.45, 2.75) is 91.3 Å². The van der Waals surface area contributed by atoms with Gasteiger partial charge in [0.25, 0.3) is 0 Å². The molecule has 0 heterocycles. The summed E-state index contributed by atoms with van der Waals surface area (Å²) in [6.07, 6.45) is 6.98. The topological polar surface area (TPSA) is 89.9 Å². The number of carbonyl (C=O) groups is 3. The van der Waals surface area contributed by atoms with Crippen LogP contribution in [0.4, 0.5) is 0 Å². The van der Waals surface area contributed by atoms with E-state index in [1.54, 1.807) is 0 Å². The number of ketones is 1. The van der Waals surface area contributed by atoms with E-state index in [4.69, 9.17) is 9.47 Å². The fraction of sp³-hybridized carbons (Fsp3) is 0.880. The second-order valence-corrected chi connectivity index (χ2v) is 11.2. The van der Waals surface area contributed by atoms with Gasteiger partial charge in [-0.25, -0.2) is 0 Å². The SMILES string of the molecule is CC(=O)OCC(=O)[C@H]1CC[C@H]2[C@@H]3CC[C@H]4C[C@@H](OC(C)=O)CC[C@]4(C)[C@H]3[C@H](O)C[C@]12C. The van der Waals surface area contributed by atoms with Crippen molar-refractivity contribution in [3.8, 4) is 0 Å². The average Bonchev–Trinajstić information content (AvgIpc) is 3.02. The molecule has 4 saturated carbocycles. The molecular formula is C25H38O6.